The number of hydrogen-bond acceptors (Lipinski definition) is 3. The molecule has 1 aromatic rings. The fraction of sp³-hybridized carbons (Fsp3) is 0.524. The zero-order chi connectivity index (χ0) is 18.4. The molecule has 0 saturated carbocycles. The molecule has 26 heavy (non-hydrogen) atoms. The molecule has 140 valence electrons. The molecule has 1 heterocycles. The van der Waals surface area contributed by atoms with Crippen molar-refractivity contribution in [1.82, 2.24) is 10.2 Å². The van der Waals surface area contributed by atoms with E-state index in [0.717, 1.165) is 37.3 Å². The van der Waals surface area contributed by atoms with Crippen molar-refractivity contribution < 1.29 is 9.59 Å². The van der Waals surface area contributed by atoms with Gasteiger partial charge in [-0.25, -0.2) is 4.79 Å². The van der Waals surface area contributed by atoms with Crippen LogP contribution in [0.2, 0.25) is 0 Å². The van der Waals surface area contributed by atoms with Gasteiger partial charge in [-0.2, -0.15) is 0 Å². The molecule has 2 amide bonds. The first-order chi connectivity index (χ1) is 12.6. The van der Waals surface area contributed by atoms with Gasteiger partial charge in [0.2, 0.25) is 0 Å². The van der Waals surface area contributed by atoms with Crippen LogP contribution < -0.4 is 10.2 Å². The number of urea groups is 1. The summed E-state index contributed by atoms with van der Waals surface area (Å²) in [6, 6.07) is 7.77. The van der Waals surface area contributed by atoms with E-state index in [1.165, 1.54) is 31.3 Å². The highest BCUT2D eigenvalue weighted by Gasteiger charge is 2.21. The molecular weight excluding hydrogens is 326 g/mol. The largest absolute Gasteiger partial charge is 0.368 e. The first-order valence-corrected chi connectivity index (χ1v) is 9.70. The number of anilines is 1. The third kappa shape index (κ3) is 4.87. The Bertz CT molecular complexity index is 676. The van der Waals surface area contributed by atoms with Gasteiger partial charge in [0.05, 0.1) is 0 Å². The molecular formula is C21H29N3O2. The van der Waals surface area contributed by atoms with Gasteiger partial charge < -0.3 is 15.1 Å². The van der Waals surface area contributed by atoms with E-state index >= 15 is 0 Å². The maximum absolute atomic E-state index is 12.4. The fourth-order valence-corrected chi connectivity index (χ4v) is 3.66. The third-order valence-corrected chi connectivity index (χ3v) is 5.29. The van der Waals surface area contributed by atoms with Gasteiger partial charge in [0, 0.05) is 44.0 Å². The summed E-state index contributed by atoms with van der Waals surface area (Å²) in [4.78, 5) is 28.0. The van der Waals surface area contributed by atoms with E-state index in [1.54, 1.807) is 6.92 Å². The highest BCUT2D eigenvalue weighted by molar-refractivity contribution is 5.95. The summed E-state index contributed by atoms with van der Waals surface area (Å²) >= 11 is 0. The van der Waals surface area contributed by atoms with E-state index in [1.807, 2.05) is 29.2 Å². The summed E-state index contributed by atoms with van der Waals surface area (Å²) in [7, 11) is 0. The minimum Gasteiger partial charge on any atom is -0.368 e. The zero-order valence-electron chi connectivity index (χ0n) is 15.7. The number of benzene rings is 1. The average molecular weight is 355 g/mol. The molecule has 1 N–H and O–H groups in total. The van der Waals surface area contributed by atoms with Crippen LogP contribution in [0.25, 0.3) is 0 Å². The quantitative estimate of drug-likeness (QED) is 0.648. The lowest BCUT2D eigenvalue weighted by atomic mass is 9.97. The van der Waals surface area contributed by atoms with Gasteiger partial charge >= 0.3 is 6.03 Å². The van der Waals surface area contributed by atoms with Crippen molar-refractivity contribution >= 4 is 17.5 Å². The van der Waals surface area contributed by atoms with Crippen LogP contribution in [-0.2, 0) is 0 Å². The molecule has 5 heteroatoms. The Morgan fingerprint density at radius 2 is 1.92 bits per heavy atom. The number of nitrogens with one attached hydrogen (secondary N) is 1. The molecule has 1 aliphatic carbocycles. The van der Waals surface area contributed by atoms with Gasteiger partial charge in [-0.1, -0.05) is 23.8 Å². The Kier molecular flexibility index (Phi) is 6.31. The van der Waals surface area contributed by atoms with E-state index < -0.39 is 0 Å². The lowest BCUT2D eigenvalue weighted by Gasteiger charge is -2.36. The highest BCUT2D eigenvalue weighted by atomic mass is 16.2. The van der Waals surface area contributed by atoms with Crippen LogP contribution in [0.3, 0.4) is 0 Å². The summed E-state index contributed by atoms with van der Waals surface area (Å²) in [5.41, 5.74) is 3.29. The van der Waals surface area contributed by atoms with E-state index in [-0.39, 0.29) is 11.8 Å². The molecule has 0 aromatic heterocycles. The van der Waals surface area contributed by atoms with Gasteiger partial charge in [-0.3, -0.25) is 4.79 Å². The van der Waals surface area contributed by atoms with E-state index in [0.29, 0.717) is 13.1 Å². The van der Waals surface area contributed by atoms with Crippen LogP contribution in [-0.4, -0.2) is 49.4 Å². The van der Waals surface area contributed by atoms with Gasteiger partial charge in [-0.15, -0.1) is 0 Å². The van der Waals surface area contributed by atoms with Crippen LogP contribution in [0.1, 0.15) is 49.4 Å². The number of piperazine rings is 1. The predicted octanol–water partition coefficient (Wildman–Crippen LogP) is 3.61. The molecule has 2 aliphatic rings. The number of allylic oxidation sites excluding steroid dienone is 1. The van der Waals surface area contributed by atoms with Gasteiger partial charge in [0.25, 0.3) is 0 Å². The Hall–Kier alpha value is -2.30. The lowest BCUT2D eigenvalue weighted by Crippen LogP contribution is -2.52. The molecule has 1 aromatic carbocycles. The Morgan fingerprint density at radius 3 is 2.62 bits per heavy atom. The van der Waals surface area contributed by atoms with Crippen molar-refractivity contribution in [2.45, 2.75) is 39.0 Å². The number of hydrogen-bond donors (Lipinski definition) is 1. The monoisotopic (exact) mass is 355 g/mol. The smallest absolute Gasteiger partial charge is 0.317 e. The minimum atomic E-state index is 0.0403. The van der Waals surface area contributed by atoms with Crippen molar-refractivity contribution in [3.8, 4) is 0 Å². The van der Waals surface area contributed by atoms with Crippen molar-refractivity contribution in [3.63, 3.8) is 0 Å². The number of carbonyl (C=O) groups is 2. The van der Waals surface area contributed by atoms with Gasteiger partial charge in [-0.05, 0) is 51.2 Å². The van der Waals surface area contributed by atoms with Gasteiger partial charge in [0.15, 0.2) is 5.78 Å². The van der Waals surface area contributed by atoms with Crippen LogP contribution in [0.5, 0.6) is 0 Å². The van der Waals surface area contributed by atoms with Crippen molar-refractivity contribution in [2.24, 2.45) is 0 Å². The number of rotatable bonds is 5. The standard InChI is InChI=1S/C21H29N3O2/c1-17(25)19-8-5-9-20(16-19)23-12-14-24(15-13-23)21(26)22-11-10-18-6-3-2-4-7-18/h5-6,8-9,16H,2-4,7,10-15H2,1H3,(H,22,26). The first-order valence-electron chi connectivity index (χ1n) is 9.70. The van der Waals surface area contributed by atoms with E-state index in [4.69, 9.17) is 0 Å². The number of nitrogens with zero attached hydrogens (tertiary/aromatic N) is 2. The fourth-order valence-electron chi connectivity index (χ4n) is 3.66. The lowest BCUT2D eigenvalue weighted by molar-refractivity contribution is 0.101. The normalized spacial score (nSPS) is 17.7. The Morgan fingerprint density at radius 1 is 1.12 bits per heavy atom. The molecule has 0 bridgehead atoms. The van der Waals surface area contributed by atoms with Crippen LogP contribution >= 0.6 is 0 Å². The summed E-state index contributed by atoms with van der Waals surface area (Å²) in [6.45, 7) is 5.31. The second-order valence-electron chi connectivity index (χ2n) is 7.17. The second-order valence-corrected chi connectivity index (χ2v) is 7.17. The predicted molar refractivity (Wildman–Crippen MR) is 105 cm³/mol. The van der Waals surface area contributed by atoms with Crippen molar-refractivity contribution in [1.29, 1.82) is 0 Å². The van der Waals surface area contributed by atoms with Crippen molar-refractivity contribution in [2.75, 3.05) is 37.6 Å². The topological polar surface area (TPSA) is 52.7 Å². The SMILES string of the molecule is CC(=O)c1cccc(N2CCN(C(=O)NCCC3=CCCCC3)CC2)c1. The Labute approximate surface area is 156 Å². The van der Waals surface area contributed by atoms with Crippen LogP contribution in [0.15, 0.2) is 35.9 Å². The summed E-state index contributed by atoms with van der Waals surface area (Å²) in [6.07, 6.45) is 8.28. The van der Waals surface area contributed by atoms with E-state index in [9.17, 15) is 9.59 Å². The number of amides is 2. The number of Topliss-reactive ketones (excluding diaryl/α,β-unsaturated/α-hetero) is 1. The molecule has 0 atom stereocenters. The number of carbonyl (C=O) groups excluding carboxylic acids is 2. The maximum Gasteiger partial charge on any atom is 0.317 e. The molecule has 5 nitrogen and oxygen atoms in total. The van der Waals surface area contributed by atoms with Crippen LogP contribution in [0, 0.1) is 0 Å². The van der Waals surface area contributed by atoms with Crippen LogP contribution in [0.4, 0.5) is 10.5 Å². The number of ketones is 1. The molecule has 0 spiro atoms. The zero-order valence-corrected chi connectivity index (χ0v) is 15.7. The summed E-state index contributed by atoms with van der Waals surface area (Å²) < 4.78 is 0. The first kappa shape index (κ1) is 18.5. The highest BCUT2D eigenvalue weighted by Crippen LogP contribution is 2.20. The molecule has 1 fully saturated rings. The average Bonchev–Trinajstić information content (AvgIpc) is 2.69. The minimum absolute atomic E-state index is 0.0403. The van der Waals surface area contributed by atoms with Crippen molar-refractivity contribution in [3.05, 3.63) is 41.5 Å². The molecule has 1 aliphatic heterocycles. The summed E-state index contributed by atoms with van der Waals surface area (Å²) in [5.74, 6) is 0.0814. The molecule has 3 rings (SSSR count). The molecule has 1 saturated heterocycles. The third-order valence-electron chi connectivity index (χ3n) is 5.29. The second kappa shape index (κ2) is 8.88. The van der Waals surface area contributed by atoms with Gasteiger partial charge in [0.1, 0.15) is 0 Å². The molecule has 0 radical (unpaired) electrons. The molecule has 0 unspecified atom stereocenters. The summed E-state index contributed by atoms with van der Waals surface area (Å²) in [5, 5.41) is 3.06. The Balaban J connectivity index is 1.44. The maximum atomic E-state index is 12.4. The van der Waals surface area contributed by atoms with E-state index in [2.05, 4.69) is 16.3 Å².